The van der Waals surface area contributed by atoms with Gasteiger partial charge in [0.2, 0.25) is 0 Å². The second-order valence-corrected chi connectivity index (χ2v) is 3.35. The Morgan fingerprint density at radius 2 is 2.00 bits per heavy atom. The van der Waals surface area contributed by atoms with E-state index in [9.17, 15) is 4.39 Å². The summed E-state index contributed by atoms with van der Waals surface area (Å²) < 4.78 is 17.7. The van der Waals surface area contributed by atoms with Gasteiger partial charge in [-0.3, -0.25) is 0 Å². The van der Waals surface area contributed by atoms with Crippen molar-refractivity contribution in [3.63, 3.8) is 0 Å². The number of nitriles is 1. The Balaban J connectivity index is 2.79. The summed E-state index contributed by atoms with van der Waals surface area (Å²) in [6.07, 6.45) is 0.459. The van der Waals surface area contributed by atoms with Crippen LogP contribution in [0.4, 0.5) is 4.39 Å². The van der Waals surface area contributed by atoms with E-state index < -0.39 is 5.60 Å². The lowest BCUT2D eigenvalue weighted by molar-refractivity contribution is 0.0559. The molecule has 1 unspecified atom stereocenters. The molecule has 0 saturated carbocycles. The lowest BCUT2D eigenvalue weighted by Crippen LogP contribution is -2.27. The molecular weight excluding hydrogens is 181 g/mol. The Kier molecular flexibility index (Phi) is 3.21. The number of benzene rings is 1. The highest BCUT2D eigenvalue weighted by Gasteiger charge is 2.23. The van der Waals surface area contributed by atoms with Crippen LogP contribution in [0.5, 0.6) is 0 Å². The SMILES string of the molecule is COC(C)(C#N)Cc1ccc(F)cc1. The number of methoxy groups -OCH3 is 1. The maximum Gasteiger partial charge on any atom is 0.155 e. The van der Waals surface area contributed by atoms with E-state index in [2.05, 4.69) is 6.07 Å². The van der Waals surface area contributed by atoms with Crippen LogP contribution in [-0.4, -0.2) is 12.7 Å². The van der Waals surface area contributed by atoms with E-state index in [1.165, 1.54) is 19.2 Å². The van der Waals surface area contributed by atoms with Crippen LogP contribution in [0, 0.1) is 17.1 Å². The van der Waals surface area contributed by atoms with Gasteiger partial charge in [0.15, 0.2) is 5.60 Å². The summed E-state index contributed by atoms with van der Waals surface area (Å²) in [5.74, 6) is -0.273. The van der Waals surface area contributed by atoms with Crippen molar-refractivity contribution in [1.82, 2.24) is 0 Å². The summed E-state index contributed by atoms with van der Waals surface area (Å²) in [7, 11) is 1.49. The fourth-order valence-electron chi connectivity index (χ4n) is 1.15. The number of ether oxygens (including phenoxy) is 1. The minimum absolute atomic E-state index is 0.273. The molecule has 2 nitrogen and oxygen atoms in total. The maximum atomic E-state index is 12.6. The molecule has 0 aromatic heterocycles. The molecule has 3 heteroatoms. The van der Waals surface area contributed by atoms with E-state index >= 15 is 0 Å². The zero-order valence-electron chi connectivity index (χ0n) is 8.25. The number of rotatable bonds is 3. The molecule has 0 spiro atoms. The average Bonchev–Trinajstić information content (AvgIpc) is 2.21. The second-order valence-electron chi connectivity index (χ2n) is 3.35. The van der Waals surface area contributed by atoms with E-state index in [0.29, 0.717) is 6.42 Å². The van der Waals surface area contributed by atoms with Gasteiger partial charge < -0.3 is 4.74 Å². The predicted molar refractivity (Wildman–Crippen MR) is 51.1 cm³/mol. The van der Waals surface area contributed by atoms with Gasteiger partial charge in [0.1, 0.15) is 5.82 Å². The zero-order chi connectivity index (χ0) is 10.6. The zero-order valence-corrected chi connectivity index (χ0v) is 8.25. The van der Waals surface area contributed by atoms with Gasteiger partial charge in [0, 0.05) is 13.5 Å². The highest BCUT2D eigenvalue weighted by atomic mass is 19.1. The molecule has 0 fully saturated rings. The summed E-state index contributed by atoms with van der Waals surface area (Å²) in [6.45, 7) is 1.70. The van der Waals surface area contributed by atoms with Crippen molar-refractivity contribution < 1.29 is 9.13 Å². The number of halogens is 1. The molecule has 1 aromatic carbocycles. The van der Waals surface area contributed by atoms with Crippen LogP contribution in [0.1, 0.15) is 12.5 Å². The topological polar surface area (TPSA) is 33.0 Å². The van der Waals surface area contributed by atoms with E-state index in [1.807, 2.05) is 0 Å². The van der Waals surface area contributed by atoms with Gasteiger partial charge in [-0.25, -0.2) is 4.39 Å². The van der Waals surface area contributed by atoms with Crippen LogP contribution in [0.2, 0.25) is 0 Å². The normalized spacial score (nSPS) is 14.4. The Bertz CT molecular complexity index is 341. The minimum Gasteiger partial charge on any atom is -0.363 e. The van der Waals surface area contributed by atoms with Gasteiger partial charge in [0.05, 0.1) is 6.07 Å². The van der Waals surface area contributed by atoms with E-state index in [1.54, 1.807) is 19.1 Å². The second kappa shape index (κ2) is 4.21. The minimum atomic E-state index is -0.835. The van der Waals surface area contributed by atoms with Crippen molar-refractivity contribution in [3.05, 3.63) is 35.6 Å². The number of nitrogens with zero attached hydrogens (tertiary/aromatic N) is 1. The van der Waals surface area contributed by atoms with Gasteiger partial charge in [0.25, 0.3) is 0 Å². The summed E-state index contributed by atoms with van der Waals surface area (Å²) in [6, 6.07) is 8.14. The van der Waals surface area contributed by atoms with Crippen molar-refractivity contribution in [2.24, 2.45) is 0 Å². The van der Waals surface area contributed by atoms with Crippen molar-refractivity contribution in [1.29, 1.82) is 5.26 Å². The quantitative estimate of drug-likeness (QED) is 0.737. The molecule has 74 valence electrons. The molecule has 1 atom stereocenters. The highest BCUT2D eigenvalue weighted by Crippen LogP contribution is 2.16. The van der Waals surface area contributed by atoms with Crippen LogP contribution in [0.25, 0.3) is 0 Å². The van der Waals surface area contributed by atoms with Crippen LogP contribution in [0.3, 0.4) is 0 Å². The summed E-state index contributed by atoms with van der Waals surface area (Å²) in [5, 5.41) is 8.85. The standard InChI is InChI=1S/C11H12FNO/c1-11(8-13,14-2)7-9-3-5-10(12)6-4-9/h3-6H,7H2,1-2H3. The van der Waals surface area contributed by atoms with Crippen molar-refractivity contribution in [3.8, 4) is 6.07 Å². The van der Waals surface area contributed by atoms with Crippen LogP contribution >= 0.6 is 0 Å². The average molecular weight is 193 g/mol. The fourth-order valence-corrected chi connectivity index (χ4v) is 1.15. The summed E-state index contributed by atoms with van der Waals surface area (Å²) in [5.41, 5.74) is 0.0509. The Labute approximate surface area is 82.9 Å². The van der Waals surface area contributed by atoms with Gasteiger partial charge >= 0.3 is 0 Å². The third kappa shape index (κ3) is 2.54. The smallest absolute Gasteiger partial charge is 0.155 e. The molecule has 0 aliphatic carbocycles. The Morgan fingerprint density at radius 1 is 1.43 bits per heavy atom. The first-order valence-electron chi connectivity index (χ1n) is 4.30. The van der Waals surface area contributed by atoms with Crippen LogP contribution < -0.4 is 0 Å². The molecule has 0 amide bonds. The lowest BCUT2D eigenvalue weighted by Gasteiger charge is -2.19. The molecule has 0 radical (unpaired) electrons. The van der Waals surface area contributed by atoms with Gasteiger partial charge in [-0.1, -0.05) is 12.1 Å². The van der Waals surface area contributed by atoms with E-state index in [0.717, 1.165) is 5.56 Å². The molecule has 0 N–H and O–H groups in total. The predicted octanol–water partition coefficient (Wildman–Crippen LogP) is 2.30. The molecule has 0 aliphatic heterocycles. The maximum absolute atomic E-state index is 12.6. The molecule has 1 rings (SSSR count). The monoisotopic (exact) mass is 193 g/mol. The third-order valence-corrected chi connectivity index (χ3v) is 2.14. The van der Waals surface area contributed by atoms with Gasteiger partial charge in [-0.05, 0) is 24.6 Å². The van der Waals surface area contributed by atoms with Crippen molar-refractivity contribution in [2.75, 3.05) is 7.11 Å². The molecule has 0 heterocycles. The lowest BCUT2D eigenvalue weighted by atomic mass is 9.98. The molecule has 0 aliphatic rings. The van der Waals surface area contributed by atoms with Crippen LogP contribution in [-0.2, 0) is 11.2 Å². The molecule has 0 saturated heterocycles. The first-order valence-corrected chi connectivity index (χ1v) is 4.30. The number of hydrogen-bond acceptors (Lipinski definition) is 2. The van der Waals surface area contributed by atoms with Gasteiger partial charge in [-0.15, -0.1) is 0 Å². The number of hydrogen-bond donors (Lipinski definition) is 0. The molecular formula is C11H12FNO. The van der Waals surface area contributed by atoms with Crippen LogP contribution in [0.15, 0.2) is 24.3 Å². The largest absolute Gasteiger partial charge is 0.363 e. The summed E-state index contributed by atoms with van der Waals surface area (Å²) >= 11 is 0. The molecule has 0 bridgehead atoms. The molecule has 14 heavy (non-hydrogen) atoms. The van der Waals surface area contributed by atoms with E-state index in [4.69, 9.17) is 10.00 Å². The summed E-state index contributed by atoms with van der Waals surface area (Å²) in [4.78, 5) is 0. The van der Waals surface area contributed by atoms with Crippen molar-refractivity contribution in [2.45, 2.75) is 18.9 Å². The third-order valence-electron chi connectivity index (χ3n) is 2.14. The van der Waals surface area contributed by atoms with E-state index in [-0.39, 0.29) is 5.82 Å². The first kappa shape index (κ1) is 10.7. The Morgan fingerprint density at radius 3 is 2.43 bits per heavy atom. The Hall–Kier alpha value is -1.40. The molecule has 1 aromatic rings. The fraction of sp³-hybridized carbons (Fsp3) is 0.364. The van der Waals surface area contributed by atoms with Crippen molar-refractivity contribution >= 4 is 0 Å². The van der Waals surface area contributed by atoms with Gasteiger partial charge in [-0.2, -0.15) is 5.26 Å². The highest BCUT2D eigenvalue weighted by molar-refractivity contribution is 5.20. The first-order chi connectivity index (χ1) is 6.59.